The van der Waals surface area contributed by atoms with Crippen molar-refractivity contribution < 1.29 is 28.6 Å². The van der Waals surface area contributed by atoms with Crippen LogP contribution in [0.5, 0.6) is 0 Å². The van der Waals surface area contributed by atoms with Crippen molar-refractivity contribution in [1.29, 1.82) is 0 Å². The first kappa shape index (κ1) is 19.9. The van der Waals surface area contributed by atoms with Gasteiger partial charge in [0.25, 0.3) is 0 Å². The van der Waals surface area contributed by atoms with Crippen LogP contribution in [-0.2, 0) is 23.8 Å². The number of rotatable bonds is 8. The Labute approximate surface area is 131 Å². The van der Waals surface area contributed by atoms with Crippen LogP contribution in [0.15, 0.2) is 12.2 Å². The minimum atomic E-state index is -0.683. The minimum absolute atomic E-state index is 0.0170. The summed E-state index contributed by atoms with van der Waals surface area (Å²) < 4.78 is 14.6. The molecule has 22 heavy (non-hydrogen) atoms. The third-order valence-electron chi connectivity index (χ3n) is 2.50. The summed E-state index contributed by atoms with van der Waals surface area (Å²) in [6.45, 7) is 9.12. The molecule has 0 bridgehead atoms. The van der Waals surface area contributed by atoms with Crippen LogP contribution < -0.4 is 5.32 Å². The lowest BCUT2D eigenvalue weighted by molar-refractivity contribution is -0.140. The quantitative estimate of drug-likeness (QED) is 0.417. The summed E-state index contributed by atoms with van der Waals surface area (Å²) in [7, 11) is 0. The number of amides is 1. The molecule has 0 aromatic rings. The molecule has 0 fully saturated rings. The molecule has 0 aliphatic heterocycles. The van der Waals surface area contributed by atoms with E-state index in [9.17, 15) is 14.4 Å². The molecule has 7 heteroatoms. The van der Waals surface area contributed by atoms with Gasteiger partial charge >= 0.3 is 18.0 Å². The van der Waals surface area contributed by atoms with E-state index >= 15 is 0 Å². The van der Waals surface area contributed by atoms with E-state index in [0.29, 0.717) is 0 Å². The molecule has 1 N–H and O–H groups in total. The van der Waals surface area contributed by atoms with E-state index in [4.69, 9.17) is 9.47 Å². The first-order valence-electron chi connectivity index (χ1n) is 7.25. The van der Waals surface area contributed by atoms with Crippen molar-refractivity contribution in [1.82, 2.24) is 5.32 Å². The second kappa shape index (κ2) is 10.6. The number of ether oxygens (including phenoxy) is 3. The van der Waals surface area contributed by atoms with Gasteiger partial charge in [-0.15, -0.1) is 0 Å². The zero-order valence-corrected chi connectivity index (χ0v) is 13.8. The molecule has 0 saturated carbocycles. The summed E-state index contributed by atoms with van der Waals surface area (Å²) in [4.78, 5) is 34.1. The fourth-order valence-corrected chi connectivity index (χ4v) is 1.35. The standard InChI is InChI=1S/C15H25NO6/c1-6-20-13(17)7-8-14(18)21-9-12(10(2)3)16-15(19)22-11(4)5/h7-8,10-12H,6,9H2,1-5H3,(H,16,19). The molecular weight excluding hydrogens is 290 g/mol. The Morgan fingerprint density at radius 1 is 1.00 bits per heavy atom. The lowest BCUT2D eigenvalue weighted by Crippen LogP contribution is -2.43. The molecular formula is C15H25NO6. The molecule has 0 aliphatic rings. The number of hydrogen-bond donors (Lipinski definition) is 1. The molecule has 1 amide bonds. The molecule has 0 aliphatic carbocycles. The van der Waals surface area contributed by atoms with E-state index in [1.807, 2.05) is 13.8 Å². The zero-order chi connectivity index (χ0) is 17.1. The van der Waals surface area contributed by atoms with Gasteiger partial charge in [-0.2, -0.15) is 0 Å². The van der Waals surface area contributed by atoms with Gasteiger partial charge < -0.3 is 19.5 Å². The van der Waals surface area contributed by atoms with Crippen LogP contribution in [0.1, 0.15) is 34.6 Å². The maximum absolute atomic E-state index is 11.6. The Morgan fingerprint density at radius 3 is 2.00 bits per heavy atom. The van der Waals surface area contributed by atoms with E-state index in [1.54, 1.807) is 20.8 Å². The highest BCUT2D eigenvalue weighted by atomic mass is 16.6. The molecule has 0 heterocycles. The number of nitrogens with one attached hydrogen (secondary N) is 1. The summed E-state index contributed by atoms with van der Waals surface area (Å²) in [5.74, 6) is -1.25. The number of carbonyl (C=O) groups excluding carboxylic acids is 3. The van der Waals surface area contributed by atoms with Crippen molar-refractivity contribution in [3.63, 3.8) is 0 Å². The van der Waals surface area contributed by atoms with E-state index in [1.165, 1.54) is 0 Å². The number of hydrogen-bond acceptors (Lipinski definition) is 6. The molecule has 126 valence electrons. The van der Waals surface area contributed by atoms with Gasteiger partial charge in [0, 0.05) is 12.2 Å². The largest absolute Gasteiger partial charge is 0.463 e. The minimum Gasteiger partial charge on any atom is -0.463 e. The van der Waals surface area contributed by atoms with E-state index in [-0.39, 0.29) is 31.3 Å². The highest BCUT2D eigenvalue weighted by Crippen LogP contribution is 2.04. The van der Waals surface area contributed by atoms with Gasteiger partial charge in [0.05, 0.1) is 18.8 Å². The van der Waals surface area contributed by atoms with Crippen molar-refractivity contribution in [2.24, 2.45) is 5.92 Å². The van der Waals surface area contributed by atoms with Crippen LogP contribution in [0.2, 0.25) is 0 Å². The average Bonchev–Trinajstić information content (AvgIpc) is 2.40. The first-order valence-corrected chi connectivity index (χ1v) is 7.25. The normalized spacial score (nSPS) is 12.3. The van der Waals surface area contributed by atoms with E-state index < -0.39 is 18.0 Å². The third-order valence-corrected chi connectivity index (χ3v) is 2.50. The predicted molar refractivity (Wildman–Crippen MR) is 80.1 cm³/mol. The second-order valence-corrected chi connectivity index (χ2v) is 5.16. The monoisotopic (exact) mass is 315 g/mol. The van der Waals surface area contributed by atoms with Crippen molar-refractivity contribution in [2.75, 3.05) is 13.2 Å². The summed E-state index contributed by atoms with van der Waals surface area (Å²) in [5, 5.41) is 2.63. The Balaban J connectivity index is 4.32. The fourth-order valence-electron chi connectivity index (χ4n) is 1.35. The summed E-state index contributed by atoms with van der Waals surface area (Å²) >= 11 is 0. The zero-order valence-electron chi connectivity index (χ0n) is 13.8. The van der Waals surface area contributed by atoms with E-state index in [0.717, 1.165) is 12.2 Å². The number of esters is 2. The van der Waals surface area contributed by atoms with Crippen LogP contribution in [0, 0.1) is 5.92 Å². The maximum atomic E-state index is 11.6. The number of carbonyl (C=O) groups is 3. The van der Waals surface area contributed by atoms with Crippen LogP contribution in [0.3, 0.4) is 0 Å². The molecule has 1 atom stereocenters. The SMILES string of the molecule is CCOC(=O)C=CC(=O)OCC(NC(=O)OC(C)C)C(C)C. The topological polar surface area (TPSA) is 90.9 Å². The Morgan fingerprint density at radius 2 is 1.55 bits per heavy atom. The average molecular weight is 315 g/mol. The fraction of sp³-hybridized carbons (Fsp3) is 0.667. The van der Waals surface area contributed by atoms with Crippen LogP contribution in [-0.4, -0.2) is 43.4 Å². The van der Waals surface area contributed by atoms with Crippen LogP contribution in [0.4, 0.5) is 4.79 Å². The highest BCUT2D eigenvalue weighted by Gasteiger charge is 2.19. The molecule has 7 nitrogen and oxygen atoms in total. The summed E-state index contributed by atoms with van der Waals surface area (Å²) in [6.07, 6.45) is 1.19. The van der Waals surface area contributed by atoms with Gasteiger partial charge in [-0.25, -0.2) is 14.4 Å². The smallest absolute Gasteiger partial charge is 0.407 e. The van der Waals surface area contributed by atoms with Gasteiger partial charge in [0.2, 0.25) is 0 Å². The lowest BCUT2D eigenvalue weighted by atomic mass is 10.1. The van der Waals surface area contributed by atoms with Crippen molar-refractivity contribution >= 4 is 18.0 Å². The van der Waals surface area contributed by atoms with Crippen molar-refractivity contribution in [2.45, 2.75) is 46.8 Å². The predicted octanol–water partition coefficient (Wildman–Crippen LogP) is 1.81. The van der Waals surface area contributed by atoms with Crippen molar-refractivity contribution in [3.8, 4) is 0 Å². The first-order chi connectivity index (χ1) is 10.3. The molecule has 0 aromatic heterocycles. The molecule has 0 radical (unpaired) electrons. The van der Waals surface area contributed by atoms with Gasteiger partial charge in [-0.3, -0.25) is 0 Å². The van der Waals surface area contributed by atoms with Crippen molar-refractivity contribution in [3.05, 3.63) is 12.2 Å². The third kappa shape index (κ3) is 9.79. The molecule has 1 unspecified atom stereocenters. The van der Waals surface area contributed by atoms with Gasteiger partial charge in [0.1, 0.15) is 6.61 Å². The Kier molecular flexibility index (Phi) is 9.65. The molecule has 0 spiro atoms. The summed E-state index contributed by atoms with van der Waals surface area (Å²) in [5.41, 5.74) is 0. The second-order valence-electron chi connectivity index (χ2n) is 5.16. The van der Waals surface area contributed by atoms with Gasteiger partial charge in [0.15, 0.2) is 0 Å². The maximum Gasteiger partial charge on any atom is 0.407 e. The Bertz CT molecular complexity index is 403. The van der Waals surface area contributed by atoms with Crippen LogP contribution >= 0.6 is 0 Å². The molecule has 0 rings (SSSR count). The number of alkyl carbamates (subject to hydrolysis) is 1. The van der Waals surface area contributed by atoms with Crippen LogP contribution in [0.25, 0.3) is 0 Å². The molecule has 0 aromatic carbocycles. The Hall–Kier alpha value is -2.05. The summed E-state index contributed by atoms with van der Waals surface area (Å²) in [6, 6.07) is -0.383. The van der Waals surface area contributed by atoms with Gasteiger partial charge in [-0.05, 0) is 26.7 Å². The lowest BCUT2D eigenvalue weighted by Gasteiger charge is -2.22. The van der Waals surface area contributed by atoms with E-state index in [2.05, 4.69) is 10.1 Å². The highest BCUT2D eigenvalue weighted by molar-refractivity contribution is 5.91. The van der Waals surface area contributed by atoms with Gasteiger partial charge in [-0.1, -0.05) is 13.8 Å². The molecule has 0 saturated heterocycles.